The topological polar surface area (TPSA) is 305 Å². The van der Waals surface area contributed by atoms with Gasteiger partial charge in [-0.25, -0.2) is 17.6 Å². The number of benzene rings is 3. The number of aryl methyl sites for hydroxylation is 2. The molecule has 720 valence electrons. The summed E-state index contributed by atoms with van der Waals surface area (Å²) in [6.07, 6.45) is 18.1. The summed E-state index contributed by atoms with van der Waals surface area (Å²) in [5, 5.41) is 34.6. The van der Waals surface area contributed by atoms with E-state index in [1.54, 1.807) is 18.5 Å². The van der Waals surface area contributed by atoms with E-state index in [0.29, 0.717) is 134 Å². The van der Waals surface area contributed by atoms with Gasteiger partial charge in [-0.15, -0.1) is 0 Å². The molecule has 0 unspecified atom stereocenters. The smallest absolute Gasteiger partial charge is 0.318 e. The maximum absolute atomic E-state index is 13.9. The Morgan fingerprint density at radius 1 is 0.430 bits per heavy atom. The van der Waals surface area contributed by atoms with Crippen LogP contribution in [-0.2, 0) is 53.3 Å². The number of carbonyl (C=O) groups excluding carboxylic acids is 3. The van der Waals surface area contributed by atoms with Crippen molar-refractivity contribution < 1.29 is 46.2 Å². The minimum atomic E-state index is -1.03. The Balaban J connectivity index is 0.000000205. The summed E-state index contributed by atoms with van der Waals surface area (Å²) >= 11 is 0. The number of hydrogen-bond acceptors (Lipinski definition) is 27. The Morgan fingerprint density at radius 3 is 1.24 bits per heavy atom. The molecule has 9 aromatic rings. The summed E-state index contributed by atoms with van der Waals surface area (Å²) in [4.78, 5) is 105. The summed E-state index contributed by atoms with van der Waals surface area (Å²) in [5.74, 6) is -3.43. The molecule has 0 radical (unpaired) electrons. The van der Waals surface area contributed by atoms with Crippen LogP contribution in [0.25, 0.3) is 32.3 Å². The molecule has 6 atom stereocenters. The lowest BCUT2D eigenvalue weighted by atomic mass is 10.0. The summed E-state index contributed by atoms with van der Waals surface area (Å²) in [6, 6.07) is 26.1. The maximum atomic E-state index is 13.9. The molecule has 9 aliphatic rings. The number of likely N-dealkylation sites (N-methyl/N-ethyl adjacent to an activating group) is 3. The molecule has 0 saturated carbocycles. The molecule has 0 spiro atoms. The molecule has 0 aliphatic carbocycles. The van der Waals surface area contributed by atoms with Gasteiger partial charge in [0.2, 0.25) is 0 Å². The molecule has 0 N–H and O–H groups in total. The van der Waals surface area contributed by atoms with Crippen LogP contribution in [0, 0.1) is 53.7 Å². The molecule has 30 nitrogen and oxygen atoms in total. The highest BCUT2D eigenvalue weighted by atomic mass is 32.1. The number of carbonyl (C=O) groups is 3. The number of aromatic nitrogens is 9. The molecule has 15 heterocycles. The highest BCUT2D eigenvalue weighted by Crippen LogP contribution is 2.41. The quantitative estimate of drug-likeness (QED) is 0.0476. The first-order valence-electron chi connectivity index (χ1n) is 44.5. The Labute approximate surface area is 827 Å². The normalized spacial score (nSPS) is 19.7. The number of ether oxygens (including phenoxy) is 3. The lowest BCUT2D eigenvalue weighted by Crippen LogP contribution is -2.55. The van der Waals surface area contributed by atoms with Crippen LogP contribution in [0.4, 0.5) is 52.1 Å². The number of likely N-dealkylation sites (tertiary alicyclic amines) is 3. The zero-order chi connectivity index (χ0) is 90.3. The van der Waals surface area contributed by atoms with Gasteiger partial charge in [-0.2, -0.15) is 127 Å². The molecule has 6 aromatic heterocycles. The van der Waals surface area contributed by atoms with Crippen LogP contribution in [0.5, 0.6) is 18.0 Å². The second-order valence-electron chi connectivity index (χ2n) is 34.8. The summed E-state index contributed by atoms with van der Waals surface area (Å²) in [7, 11) is 6.31. The van der Waals surface area contributed by atoms with E-state index < -0.39 is 53.3 Å². The molecule has 18 rings (SSSR count). The molecule has 3 amide bonds. The first-order valence-corrected chi connectivity index (χ1v) is 44.5. The molecule has 3 aromatic carbocycles. The van der Waals surface area contributed by atoms with Gasteiger partial charge in [0.1, 0.15) is 43.1 Å². The second-order valence-corrected chi connectivity index (χ2v) is 34.8. The number of anilines is 6. The number of pyridine rings is 3. The largest absolute Gasteiger partial charge is 0.462 e. The zero-order valence-electron chi connectivity index (χ0n) is 76.8. The average molecular weight is 1960 g/mol. The van der Waals surface area contributed by atoms with Gasteiger partial charge in [0.25, 0.3) is 17.7 Å². The molecule has 0 bridgehead atoms. The van der Waals surface area contributed by atoms with Gasteiger partial charge >= 0.3 is 18.0 Å². The summed E-state index contributed by atoms with van der Waals surface area (Å²) < 4.78 is 74.0. The van der Waals surface area contributed by atoms with Crippen LogP contribution in [0.3, 0.4) is 0 Å². The van der Waals surface area contributed by atoms with Crippen LogP contribution >= 0.6 is 81.0 Å². The number of hydrogen-bond donors (Lipinski definition) is 0. The second kappa shape index (κ2) is 47.7. The van der Waals surface area contributed by atoms with E-state index >= 15 is 0 Å². The number of nitriles is 3. The zero-order valence-corrected chi connectivity index (χ0v) is 82.8. The molecular weight excluding hydrogens is 1840 g/mol. The van der Waals surface area contributed by atoms with Crippen molar-refractivity contribution in [3.63, 3.8) is 0 Å². The monoisotopic (exact) mass is 1960 g/mol. The Hall–Kier alpha value is -10.9. The van der Waals surface area contributed by atoms with Gasteiger partial charge in [-0.05, 0) is 136 Å². The minimum absolute atomic E-state index is 0. The van der Waals surface area contributed by atoms with Crippen LogP contribution in [0.1, 0.15) is 103 Å². The van der Waals surface area contributed by atoms with E-state index in [2.05, 4.69) is 161 Å². The van der Waals surface area contributed by atoms with E-state index in [1.807, 2.05) is 31.6 Å². The maximum Gasteiger partial charge on any atom is 0.318 e. The third kappa shape index (κ3) is 23.7. The van der Waals surface area contributed by atoms with Gasteiger partial charge in [0.05, 0.1) is 127 Å². The summed E-state index contributed by atoms with van der Waals surface area (Å²) in [6.45, 7) is 25.2. The predicted molar refractivity (Wildman–Crippen MR) is 545 cm³/mol. The number of amides is 3. The van der Waals surface area contributed by atoms with Crippen molar-refractivity contribution in [3.05, 3.63) is 180 Å². The lowest BCUT2D eigenvalue weighted by Gasteiger charge is -2.42. The Bertz CT molecular complexity index is 5910. The van der Waals surface area contributed by atoms with Gasteiger partial charge in [-0.3, -0.25) is 29.3 Å². The third-order valence-corrected chi connectivity index (χ3v) is 26.7. The molecular formula is C95H120F4N24O6S6. The number of rotatable bonds is 21. The van der Waals surface area contributed by atoms with Gasteiger partial charge in [0.15, 0.2) is 17.5 Å². The number of fused-ring (bicyclic) bond motifs is 6. The third-order valence-electron chi connectivity index (χ3n) is 26.7. The average Bonchev–Trinajstić information content (AvgIpc) is 1.47. The highest BCUT2D eigenvalue weighted by molar-refractivity contribution is 7.60. The van der Waals surface area contributed by atoms with Crippen LogP contribution < -0.4 is 43.6 Å². The van der Waals surface area contributed by atoms with Crippen LogP contribution in [0.2, 0.25) is 0 Å². The van der Waals surface area contributed by atoms with Crippen molar-refractivity contribution in [2.45, 2.75) is 147 Å². The van der Waals surface area contributed by atoms with E-state index in [9.17, 15) is 47.7 Å². The molecule has 6 fully saturated rings. The summed E-state index contributed by atoms with van der Waals surface area (Å²) in [5.41, 5.74) is 10.9. The number of halogens is 4. The Kier molecular flexibility index (Phi) is 37.6. The van der Waals surface area contributed by atoms with Gasteiger partial charge in [0, 0.05) is 164 Å². The van der Waals surface area contributed by atoms with Gasteiger partial charge < -0.3 is 73.0 Å². The van der Waals surface area contributed by atoms with Crippen molar-refractivity contribution in [1.82, 2.24) is 74.3 Å². The predicted octanol–water partition coefficient (Wildman–Crippen LogP) is 11.9. The van der Waals surface area contributed by atoms with E-state index in [1.165, 1.54) is 37.8 Å². The van der Waals surface area contributed by atoms with E-state index in [-0.39, 0.29) is 138 Å². The molecule has 6 saturated heterocycles. The van der Waals surface area contributed by atoms with Crippen molar-refractivity contribution in [2.75, 3.05) is 169 Å². The fourth-order valence-electron chi connectivity index (χ4n) is 19.8. The molecule has 40 heteroatoms. The first-order chi connectivity index (χ1) is 62.5. The van der Waals surface area contributed by atoms with Gasteiger partial charge in [-0.1, -0.05) is 62.2 Å². The van der Waals surface area contributed by atoms with E-state index in [4.69, 9.17) is 44.1 Å². The minimum Gasteiger partial charge on any atom is -0.462 e. The number of nitrogens with zero attached hydrogens (tertiary/aromatic N) is 24. The molecule has 135 heavy (non-hydrogen) atoms. The fourth-order valence-corrected chi connectivity index (χ4v) is 19.8. The lowest BCUT2D eigenvalue weighted by molar-refractivity contribution is -0.132. The van der Waals surface area contributed by atoms with Crippen molar-refractivity contribution in [2.24, 2.45) is 0 Å². The van der Waals surface area contributed by atoms with Crippen LogP contribution in [-0.4, -0.2) is 267 Å². The molecule has 9 aliphatic heterocycles. The Morgan fingerprint density at radius 2 is 0.822 bits per heavy atom. The first kappa shape index (κ1) is 106. The van der Waals surface area contributed by atoms with E-state index in [0.717, 1.165) is 166 Å². The number of piperazine rings is 3. The van der Waals surface area contributed by atoms with Crippen molar-refractivity contribution in [3.8, 4) is 36.2 Å². The SMILES string of the molecule is C=C(F)C(=O)N1CCN(c2nc(OC[C@@H]3CCCN3C)nc3c2CCN(c2c(C)ncc4ccccc24)C3)C[C@@H]1CC#N.C=C(F)C(=O)N1CCN(c2nc(OC[C@@H]3CCCN3C)nc3c2CCN(c2cncc4cc(F)ccc24)C3)C[C@@H]1CC#N.C=C(F)C(=O)N1CCN(c2nc(OC[C@@H]3CCCN3C)nc3c2CCN(c2cncc4cccc(C)c24)C3)C[C@@H]1CC#N.S.S.S.S.S.S. The standard InChI is InChI=1S/2C32H37FN8O2.C31H34F2N8O2.6H2S/c1-21-6-4-7-23-16-35-17-28(29(21)23)39-13-10-26-27(19-39)36-32(43-20-25-8-5-12-38(25)3)37-30(26)40-14-15-41(31(42)22(2)33)24(18-40)9-11-34;1-21(33)31(42)41-16-15-40(18-24(41)10-12-34)30-27-11-14-39(29-22(2)35-17-23-7-4-5-9-26(23)29)19-28(27)36-32(37-30)43-20-25-8-6-13-38(25)3;1-20(32)30(42)41-13-12-40(17-23(41)7-9-34)29-26-8-11-39(28-16-35-15-21-14-22(33)5-6-25(21)28)18-27(26)36-31(37-29)43-19-24-4-3-10-38(24)2;;;;;;/h4,6-7,16-17,24-25H,2,5,8-10,12-15,18-20H2,1,3H3;4-5,7,9,17,24-25H,1,6,8,10-11,13-16,18-20H2,2-3H3;5-6,14-16,23-24H,1,3-4,7-8,10-13,17-19H2,2H3;6*1H2/t2*24-,25-;23-,24-;;;;;;/m000....../s1. The van der Waals surface area contributed by atoms with Crippen LogP contribution in [0.15, 0.2) is 129 Å². The van der Waals surface area contributed by atoms with Crippen molar-refractivity contribution >= 4 is 166 Å². The highest BCUT2D eigenvalue weighted by Gasteiger charge is 2.41. The fraction of sp³-hybridized carbons (Fsp3) is 0.463. The van der Waals surface area contributed by atoms with Crippen molar-refractivity contribution in [1.29, 1.82) is 15.8 Å².